The fraction of sp³-hybridized carbons (Fsp3) is 0.500. The molecule has 0 radical (unpaired) electrons. The van der Waals surface area contributed by atoms with Crippen molar-refractivity contribution in [3.63, 3.8) is 0 Å². The van der Waals surface area contributed by atoms with E-state index in [9.17, 15) is 16.8 Å². The van der Waals surface area contributed by atoms with Crippen molar-refractivity contribution in [1.82, 2.24) is 4.31 Å². The summed E-state index contributed by atoms with van der Waals surface area (Å²) in [5.74, 6) is 0. The Bertz CT molecular complexity index is 710. The predicted octanol–water partition coefficient (Wildman–Crippen LogP) is 3.68. The lowest BCUT2D eigenvalue weighted by Gasteiger charge is -2.20. The number of sulfonamides is 1. The first-order valence-electron chi connectivity index (χ1n) is 6.40. The second-order valence-electron chi connectivity index (χ2n) is 4.42. The molecule has 0 atom stereocenters. The van der Waals surface area contributed by atoms with Crippen LogP contribution in [-0.2, 0) is 19.9 Å². The van der Waals surface area contributed by atoms with E-state index in [0.717, 1.165) is 0 Å². The number of halogens is 3. The van der Waals surface area contributed by atoms with Crippen molar-refractivity contribution in [3.8, 4) is 0 Å². The van der Waals surface area contributed by atoms with Crippen molar-refractivity contribution in [2.75, 3.05) is 13.1 Å². The lowest BCUT2D eigenvalue weighted by molar-refractivity contribution is 0.427. The smallest absolute Gasteiger partial charge is 0.220 e. The van der Waals surface area contributed by atoms with Gasteiger partial charge in [0.25, 0.3) is 0 Å². The molecule has 0 saturated heterocycles. The molecular weight excluding hydrogens is 526 g/mol. The van der Waals surface area contributed by atoms with E-state index >= 15 is 0 Å². The summed E-state index contributed by atoms with van der Waals surface area (Å²) in [5.41, 5.74) is 0. The van der Waals surface area contributed by atoms with Gasteiger partial charge in [-0.3, -0.25) is 0 Å². The zero-order valence-corrected chi connectivity index (χ0v) is 18.4. The Morgan fingerprint density at radius 1 is 0.955 bits per heavy atom. The van der Waals surface area contributed by atoms with Gasteiger partial charge in [-0.15, -0.1) is 0 Å². The van der Waals surface area contributed by atoms with Gasteiger partial charge in [-0.25, -0.2) is 16.8 Å². The molecule has 0 aliphatic heterocycles. The van der Waals surface area contributed by atoms with Crippen LogP contribution in [0.5, 0.6) is 0 Å². The summed E-state index contributed by atoms with van der Waals surface area (Å²) in [6, 6.07) is 5.17. The number of benzene rings is 1. The molecule has 0 aromatic heterocycles. The van der Waals surface area contributed by atoms with Gasteiger partial charge in [-0.1, -0.05) is 13.8 Å². The van der Waals surface area contributed by atoms with Crippen molar-refractivity contribution in [1.29, 1.82) is 0 Å². The van der Waals surface area contributed by atoms with Gasteiger partial charge in [0.1, 0.15) is 0 Å². The molecule has 0 N–H and O–H groups in total. The van der Waals surface area contributed by atoms with E-state index in [2.05, 4.69) is 47.8 Å². The summed E-state index contributed by atoms with van der Waals surface area (Å²) in [5, 5.41) is 0. The third kappa shape index (κ3) is 4.32. The van der Waals surface area contributed by atoms with Gasteiger partial charge in [-0.05, 0) is 78.5 Å². The first-order valence-corrected chi connectivity index (χ1v) is 11.7. The van der Waals surface area contributed by atoms with Gasteiger partial charge in [0.05, 0.1) is 9.79 Å². The van der Waals surface area contributed by atoms with E-state index < -0.39 is 21.3 Å². The minimum atomic E-state index is -3.73. The minimum Gasteiger partial charge on any atom is -0.220 e. The monoisotopic (exact) mass is 539 g/mol. The van der Waals surface area contributed by atoms with Crippen molar-refractivity contribution in [2.24, 2.45) is 0 Å². The molecule has 5 nitrogen and oxygen atoms in total. The first kappa shape index (κ1) is 20.6. The summed E-state index contributed by atoms with van der Waals surface area (Å²) < 4.78 is 49.2. The summed E-state index contributed by atoms with van der Waals surface area (Å²) in [6.07, 6.45) is 0.707. The number of hydrogen-bond acceptors (Lipinski definition) is 4. The highest BCUT2D eigenvalue weighted by Gasteiger charge is 2.37. The Labute approximate surface area is 156 Å². The fourth-order valence-corrected chi connectivity index (χ4v) is 5.76. The standard InChI is InChI=1S/C12H16Br3NO4S2/c1-3-9-16(4-2)22(19,20)11-7-5-10(6-8-11)21(17,18)12(13,14)15/h5-8H,3-4,9H2,1-2H3. The van der Waals surface area contributed by atoms with Gasteiger partial charge in [0.2, 0.25) is 21.3 Å². The Hall–Kier alpha value is 0.520. The third-order valence-electron chi connectivity index (χ3n) is 2.90. The van der Waals surface area contributed by atoms with Crippen LogP contribution in [0.25, 0.3) is 0 Å². The molecule has 0 amide bonds. The van der Waals surface area contributed by atoms with E-state index in [0.29, 0.717) is 19.5 Å². The van der Waals surface area contributed by atoms with Gasteiger partial charge in [0, 0.05) is 13.1 Å². The van der Waals surface area contributed by atoms with Gasteiger partial charge >= 0.3 is 0 Å². The van der Waals surface area contributed by atoms with E-state index in [1.165, 1.54) is 28.6 Å². The van der Waals surface area contributed by atoms with Gasteiger partial charge in [0.15, 0.2) is 0 Å². The molecule has 0 spiro atoms. The summed E-state index contributed by atoms with van der Waals surface area (Å²) in [6.45, 7) is 4.45. The van der Waals surface area contributed by atoms with Gasteiger partial charge in [-0.2, -0.15) is 4.31 Å². The quantitative estimate of drug-likeness (QED) is 0.515. The lowest BCUT2D eigenvalue weighted by atomic mass is 10.4. The van der Waals surface area contributed by atoms with E-state index in [4.69, 9.17) is 0 Å². The molecule has 0 heterocycles. The Kier molecular flexibility index (Phi) is 7.11. The van der Waals surface area contributed by atoms with Crippen LogP contribution in [0.2, 0.25) is 0 Å². The average molecular weight is 542 g/mol. The molecule has 1 rings (SSSR count). The number of rotatable bonds is 6. The van der Waals surface area contributed by atoms with Crippen molar-refractivity contribution >= 4 is 67.7 Å². The van der Waals surface area contributed by atoms with Crippen LogP contribution in [0, 0.1) is 0 Å². The van der Waals surface area contributed by atoms with Crippen molar-refractivity contribution in [2.45, 2.75) is 31.5 Å². The van der Waals surface area contributed by atoms with Crippen LogP contribution in [0.15, 0.2) is 34.1 Å². The third-order valence-corrected chi connectivity index (χ3v) is 10.2. The summed E-state index contributed by atoms with van der Waals surface area (Å²) in [7, 11) is -7.34. The van der Waals surface area contributed by atoms with Crippen LogP contribution < -0.4 is 0 Å². The highest BCUT2D eigenvalue weighted by molar-refractivity contribution is 9.42. The molecule has 0 aliphatic carbocycles. The highest BCUT2D eigenvalue weighted by Crippen LogP contribution is 2.43. The maximum absolute atomic E-state index is 12.5. The zero-order chi connectivity index (χ0) is 17.2. The molecule has 22 heavy (non-hydrogen) atoms. The predicted molar refractivity (Wildman–Crippen MR) is 97.9 cm³/mol. The second kappa shape index (κ2) is 7.60. The maximum Gasteiger partial charge on any atom is 0.243 e. The Morgan fingerprint density at radius 3 is 1.77 bits per heavy atom. The fourth-order valence-electron chi connectivity index (χ4n) is 1.77. The molecule has 0 saturated carbocycles. The average Bonchev–Trinajstić information content (AvgIpc) is 2.43. The van der Waals surface area contributed by atoms with Crippen LogP contribution in [0.4, 0.5) is 0 Å². The number of alkyl halides is 3. The second-order valence-corrected chi connectivity index (χ2v) is 16.8. The minimum absolute atomic E-state index is 0.00406. The van der Waals surface area contributed by atoms with Crippen molar-refractivity contribution in [3.05, 3.63) is 24.3 Å². The van der Waals surface area contributed by atoms with E-state index in [-0.39, 0.29) is 9.79 Å². The molecule has 126 valence electrons. The largest absolute Gasteiger partial charge is 0.243 e. The Balaban J connectivity index is 3.24. The Morgan fingerprint density at radius 2 is 1.41 bits per heavy atom. The van der Waals surface area contributed by atoms with E-state index in [1.54, 1.807) is 6.92 Å². The summed E-state index contributed by atoms with van der Waals surface area (Å²) in [4.78, 5) is 0.0710. The molecular formula is C12H16Br3NO4S2. The van der Waals surface area contributed by atoms with Crippen LogP contribution in [0.1, 0.15) is 20.3 Å². The zero-order valence-electron chi connectivity index (χ0n) is 12.0. The summed E-state index contributed by atoms with van der Waals surface area (Å²) >= 11 is 8.91. The molecule has 0 bridgehead atoms. The molecule has 0 fully saturated rings. The van der Waals surface area contributed by atoms with Crippen LogP contribution in [-0.4, -0.2) is 35.7 Å². The topological polar surface area (TPSA) is 71.5 Å². The maximum atomic E-state index is 12.5. The molecule has 1 aromatic rings. The molecule has 10 heteroatoms. The molecule has 0 aliphatic rings. The highest BCUT2D eigenvalue weighted by atomic mass is 80.0. The van der Waals surface area contributed by atoms with Crippen LogP contribution in [0.3, 0.4) is 0 Å². The lowest BCUT2D eigenvalue weighted by Crippen LogP contribution is -2.31. The first-order chi connectivity index (χ1) is 9.98. The SMILES string of the molecule is CCCN(CC)S(=O)(=O)c1ccc(S(=O)(=O)C(Br)(Br)Br)cc1. The number of nitrogens with zero attached hydrogens (tertiary/aromatic N) is 1. The molecule has 1 aromatic carbocycles. The van der Waals surface area contributed by atoms with Crippen LogP contribution >= 0.6 is 47.8 Å². The van der Waals surface area contributed by atoms with Crippen molar-refractivity contribution < 1.29 is 16.8 Å². The normalized spacial score (nSPS) is 13.5. The molecule has 0 unspecified atom stereocenters. The van der Waals surface area contributed by atoms with E-state index in [1.807, 2.05) is 6.92 Å². The van der Waals surface area contributed by atoms with Gasteiger partial charge < -0.3 is 0 Å². The number of sulfone groups is 1. The number of hydrogen-bond donors (Lipinski definition) is 0.